The molecule has 1 fully saturated rings. The Labute approximate surface area is 238 Å². The van der Waals surface area contributed by atoms with Gasteiger partial charge < -0.3 is 21.1 Å². The van der Waals surface area contributed by atoms with Gasteiger partial charge in [-0.25, -0.2) is 9.67 Å². The maximum absolute atomic E-state index is 12.9. The number of likely N-dealkylation sites (tertiary alicyclic amines) is 1. The molecule has 1 aromatic carbocycles. The fourth-order valence-electron chi connectivity index (χ4n) is 5.15. The van der Waals surface area contributed by atoms with Crippen LogP contribution in [0.3, 0.4) is 0 Å². The Balaban J connectivity index is 1.28. The summed E-state index contributed by atoms with van der Waals surface area (Å²) in [6.07, 6.45) is 5.54. The normalized spacial score (nSPS) is 14.7. The molecule has 41 heavy (non-hydrogen) atoms. The SMILES string of the molecule is Cc1ncc(C(=O)NCCN2CCCC2(C)C)cc1Nc1nn(C)c2nc(Nc3cccc(CC(=O)O)c3)ncc12. The number of carboxylic acids is 1. The highest BCUT2D eigenvalue weighted by Crippen LogP contribution is 2.28. The van der Waals surface area contributed by atoms with Crippen LogP contribution in [0.1, 0.15) is 48.3 Å². The number of nitrogens with zero attached hydrogens (tertiary/aromatic N) is 6. The first-order valence-electron chi connectivity index (χ1n) is 13.6. The lowest BCUT2D eigenvalue weighted by Crippen LogP contribution is -2.43. The molecule has 0 unspecified atom stereocenters. The summed E-state index contributed by atoms with van der Waals surface area (Å²) < 4.78 is 1.64. The highest BCUT2D eigenvalue weighted by Gasteiger charge is 2.31. The number of pyridine rings is 1. The number of hydrogen-bond acceptors (Lipinski definition) is 9. The summed E-state index contributed by atoms with van der Waals surface area (Å²) in [6, 6.07) is 8.89. The first-order valence-corrected chi connectivity index (χ1v) is 13.6. The quantitative estimate of drug-likeness (QED) is 0.227. The first-order chi connectivity index (χ1) is 19.6. The summed E-state index contributed by atoms with van der Waals surface area (Å²) in [5, 5.41) is 23.8. The van der Waals surface area contributed by atoms with E-state index in [1.807, 2.05) is 13.0 Å². The molecule has 1 aliphatic rings. The summed E-state index contributed by atoms with van der Waals surface area (Å²) in [5.41, 5.74) is 3.97. The number of aromatic nitrogens is 5. The van der Waals surface area contributed by atoms with Crippen LogP contribution in [0.5, 0.6) is 0 Å². The molecule has 0 aliphatic carbocycles. The molecule has 3 aromatic heterocycles. The topological polar surface area (TPSA) is 150 Å². The van der Waals surface area contributed by atoms with Crippen LogP contribution >= 0.6 is 0 Å². The predicted octanol–water partition coefficient (Wildman–Crippen LogP) is 3.79. The Morgan fingerprint density at radius 3 is 2.71 bits per heavy atom. The molecule has 1 amide bonds. The van der Waals surface area contributed by atoms with E-state index in [9.17, 15) is 9.59 Å². The van der Waals surface area contributed by atoms with E-state index in [1.54, 1.807) is 48.4 Å². The van der Waals surface area contributed by atoms with E-state index in [2.05, 4.69) is 54.7 Å². The molecule has 12 nitrogen and oxygen atoms in total. The summed E-state index contributed by atoms with van der Waals surface area (Å²) in [7, 11) is 1.79. The second-order valence-corrected chi connectivity index (χ2v) is 10.9. The highest BCUT2D eigenvalue weighted by molar-refractivity contribution is 5.96. The average molecular weight is 558 g/mol. The zero-order valence-electron chi connectivity index (χ0n) is 23.7. The fourth-order valence-corrected chi connectivity index (χ4v) is 5.15. The lowest BCUT2D eigenvalue weighted by molar-refractivity contribution is -0.136. The lowest BCUT2D eigenvalue weighted by atomic mass is 10.0. The molecular formula is C29H35N9O3. The van der Waals surface area contributed by atoms with Crippen LogP contribution in [0.15, 0.2) is 42.7 Å². The molecule has 214 valence electrons. The highest BCUT2D eigenvalue weighted by atomic mass is 16.4. The van der Waals surface area contributed by atoms with Gasteiger partial charge in [0.2, 0.25) is 5.95 Å². The monoisotopic (exact) mass is 557 g/mol. The summed E-state index contributed by atoms with van der Waals surface area (Å²) in [6.45, 7) is 8.80. The molecule has 4 heterocycles. The van der Waals surface area contributed by atoms with Crippen LogP contribution in [-0.2, 0) is 18.3 Å². The van der Waals surface area contributed by atoms with Gasteiger partial charge >= 0.3 is 5.97 Å². The number of rotatable bonds is 10. The first kappa shape index (κ1) is 28.0. The predicted molar refractivity (Wildman–Crippen MR) is 157 cm³/mol. The Bertz CT molecular complexity index is 1600. The van der Waals surface area contributed by atoms with Crippen LogP contribution in [0.4, 0.5) is 23.1 Å². The van der Waals surface area contributed by atoms with E-state index >= 15 is 0 Å². The number of fused-ring (bicyclic) bond motifs is 1. The van der Waals surface area contributed by atoms with Crippen molar-refractivity contribution in [1.29, 1.82) is 0 Å². The van der Waals surface area contributed by atoms with Gasteiger partial charge in [-0.05, 0) is 63.9 Å². The molecular weight excluding hydrogens is 522 g/mol. The Morgan fingerprint density at radius 1 is 1.12 bits per heavy atom. The number of carbonyl (C=O) groups is 2. The van der Waals surface area contributed by atoms with Gasteiger partial charge in [-0.1, -0.05) is 12.1 Å². The number of amides is 1. The Kier molecular flexibility index (Phi) is 7.84. The van der Waals surface area contributed by atoms with Crippen LogP contribution in [0.2, 0.25) is 0 Å². The minimum absolute atomic E-state index is 0.0692. The van der Waals surface area contributed by atoms with Gasteiger partial charge in [-0.2, -0.15) is 10.1 Å². The number of carbonyl (C=O) groups excluding carboxylic acids is 1. The number of carboxylic acid groups (broad SMARTS) is 1. The molecule has 4 N–H and O–H groups in total. The van der Waals surface area contributed by atoms with E-state index in [0.29, 0.717) is 51.8 Å². The molecule has 1 saturated heterocycles. The number of aliphatic carboxylic acids is 1. The zero-order chi connectivity index (χ0) is 29.1. The van der Waals surface area contributed by atoms with E-state index < -0.39 is 5.97 Å². The van der Waals surface area contributed by atoms with Crippen LogP contribution in [0.25, 0.3) is 11.0 Å². The van der Waals surface area contributed by atoms with Crippen LogP contribution in [0, 0.1) is 6.92 Å². The summed E-state index contributed by atoms with van der Waals surface area (Å²) in [4.78, 5) is 39.8. The lowest BCUT2D eigenvalue weighted by Gasteiger charge is -2.31. The number of nitrogens with one attached hydrogen (secondary N) is 3. The molecule has 0 atom stereocenters. The van der Waals surface area contributed by atoms with Crippen molar-refractivity contribution in [1.82, 2.24) is 34.9 Å². The van der Waals surface area contributed by atoms with Crippen molar-refractivity contribution >= 4 is 46.1 Å². The van der Waals surface area contributed by atoms with Gasteiger partial charge in [-0.3, -0.25) is 19.5 Å². The van der Waals surface area contributed by atoms with Gasteiger partial charge in [-0.15, -0.1) is 0 Å². The Morgan fingerprint density at radius 2 is 1.95 bits per heavy atom. The summed E-state index contributed by atoms with van der Waals surface area (Å²) >= 11 is 0. The van der Waals surface area contributed by atoms with Crippen molar-refractivity contribution in [2.45, 2.75) is 45.6 Å². The third kappa shape index (κ3) is 6.43. The van der Waals surface area contributed by atoms with Gasteiger partial charge in [0.1, 0.15) is 0 Å². The number of anilines is 4. The van der Waals surface area contributed by atoms with Gasteiger partial charge in [0.05, 0.1) is 28.8 Å². The Hall–Kier alpha value is -4.58. The van der Waals surface area contributed by atoms with Crippen molar-refractivity contribution in [2.24, 2.45) is 7.05 Å². The van der Waals surface area contributed by atoms with Gasteiger partial charge in [0.15, 0.2) is 11.5 Å². The fraction of sp³-hybridized carbons (Fsp3) is 0.379. The molecule has 1 aliphatic heterocycles. The smallest absolute Gasteiger partial charge is 0.307 e. The summed E-state index contributed by atoms with van der Waals surface area (Å²) in [5.74, 6) is -0.174. The van der Waals surface area contributed by atoms with Crippen molar-refractivity contribution in [3.8, 4) is 0 Å². The molecule has 0 bridgehead atoms. The maximum atomic E-state index is 12.9. The van der Waals surface area contributed by atoms with E-state index in [-0.39, 0.29) is 17.9 Å². The standard InChI is InChI=1S/C29H35N9O3/c1-18-23(15-20(16-31-18)27(41)30-10-12-38-11-6-9-29(38,2)3)34-25-22-17-32-28(35-26(22)37(4)36-25)33-21-8-5-7-19(13-21)14-24(39)40/h5,7-8,13,15-17H,6,9-12,14H2,1-4H3,(H,30,41)(H,34,36)(H,39,40)(H,32,33,35). The molecule has 12 heteroatoms. The average Bonchev–Trinajstić information content (AvgIpc) is 3.42. The van der Waals surface area contributed by atoms with E-state index in [4.69, 9.17) is 5.11 Å². The second kappa shape index (κ2) is 11.5. The van der Waals surface area contributed by atoms with Crippen molar-refractivity contribution < 1.29 is 14.7 Å². The van der Waals surface area contributed by atoms with E-state index in [0.717, 1.165) is 18.8 Å². The van der Waals surface area contributed by atoms with Crippen molar-refractivity contribution in [2.75, 3.05) is 30.3 Å². The zero-order valence-corrected chi connectivity index (χ0v) is 23.7. The largest absolute Gasteiger partial charge is 0.481 e. The third-order valence-corrected chi connectivity index (χ3v) is 7.46. The van der Waals surface area contributed by atoms with Crippen LogP contribution < -0.4 is 16.0 Å². The minimum Gasteiger partial charge on any atom is -0.481 e. The van der Waals surface area contributed by atoms with Crippen molar-refractivity contribution in [3.05, 3.63) is 59.5 Å². The number of benzene rings is 1. The van der Waals surface area contributed by atoms with Crippen LogP contribution in [-0.4, -0.2) is 71.8 Å². The molecule has 4 aromatic rings. The molecule has 0 saturated carbocycles. The van der Waals surface area contributed by atoms with Gasteiger partial charge in [0, 0.05) is 43.8 Å². The second-order valence-electron chi connectivity index (χ2n) is 10.9. The minimum atomic E-state index is -0.895. The molecule has 0 radical (unpaired) electrons. The number of hydrogen-bond donors (Lipinski definition) is 4. The van der Waals surface area contributed by atoms with Crippen molar-refractivity contribution in [3.63, 3.8) is 0 Å². The molecule has 0 spiro atoms. The maximum Gasteiger partial charge on any atom is 0.307 e. The van der Waals surface area contributed by atoms with E-state index in [1.165, 1.54) is 12.8 Å². The third-order valence-electron chi connectivity index (χ3n) is 7.46. The van der Waals surface area contributed by atoms with Gasteiger partial charge in [0.25, 0.3) is 5.91 Å². The number of aryl methyl sites for hydroxylation is 2. The molecule has 5 rings (SSSR count).